The van der Waals surface area contributed by atoms with E-state index in [0.29, 0.717) is 31.6 Å². The van der Waals surface area contributed by atoms with Crippen molar-refractivity contribution in [2.75, 3.05) is 20.8 Å². The number of rotatable bonds is 21. The van der Waals surface area contributed by atoms with Crippen LogP contribution < -0.4 is 0 Å². The zero-order chi connectivity index (χ0) is 39.2. The lowest BCUT2D eigenvalue weighted by Gasteiger charge is -2.42. The Balaban J connectivity index is 2.15. The van der Waals surface area contributed by atoms with E-state index < -0.39 is 35.4 Å². The summed E-state index contributed by atoms with van der Waals surface area (Å²) >= 11 is 0. The monoisotopic (exact) mass is 729 g/mol. The number of allylic oxidation sites excluding steroid dienone is 5. The Labute approximate surface area is 312 Å². The first-order valence-corrected chi connectivity index (χ1v) is 19.3. The Morgan fingerprint density at radius 2 is 1.69 bits per heavy atom. The van der Waals surface area contributed by atoms with Gasteiger partial charge < -0.3 is 24.6 Å². The summed E-state index contributed by atoms with van der Waals surface area (Å²) in [4.78, 5) is 66.0. The van der Waals surface area contributed by atoms with Crippen molar-refractivity contribution in [1.29, 1.82) is 0 Å². The maximum atomic E-state index is 13.6. The van der Waals surface area contributed by atoms with E-state index in [1.165, 1.54) is 13.8 Å². The van der Waals surface area contributed by atoms with E-state index in [2.05, 4.69) is 13.0 Å². The van der Waals surface area contributed by atoms with Crippen molar-refractivity contribution >= 4 is 29.2 Å². The summed E-state index contributed by atoms with van der Waals surface area (Å²) in [7, 11) is 3.28. The van der Waals surface area contributed by atoms with Gasteiger partial charge in [0.15, 0.2) is 5.78 Å². The van der Waals surface area contributed by atoms with Gasteiger partial charge in [0, 0.05) is 45.4 Å². The number of amides is 1. The molecule has 294 valence electrons. The van der Waals surface area contributed by atoms with Crippen LogP contribution >= 0.6 is 0 Å². The number of carbonyl (C=O) groups is 5. The van der Waals surface area contributed by atoms with Gasteiger partial charge in [0.25, 0.3) is 11.7 Å². The Kier molecular flexibility index (Phi) is 18.8. The average molecular weight is 730 g/mol. The molecule has 2 N–H and O–H groups in total. The number of ketones is 3. The standard InChI is InChI=1S/C42H67NO9/c1-10-11-12-14-27(2)21-30(5)38(45)37(52-9)23-28(3)22-29(4)36(44)18-17-32(24-31-15-13-16-34(25-31)51-8)33-19-20-43(35(26-33)41(48)49)40(47)39(46)42(6,7)50/h10-12,14,22,27,29-35,37,50H,13,15-21,23-26H2,1-9H3,(H,48,49)/b11-10+,14-12+,28-22+/t27-,29-,30?,31?,32?,33+,34?,35?,37?/m1/s1. The van der Waals surface area contributed by atoms with Crippen molar-refractivity contribution in [2.45, 2.75) is 143 Å². The quantitative estimate of drug-likeness (QED) is 0.0729. The summed E-state index contributed by atoms with van der Waals surface area (Å²) in [6.45, 7) is 12.3. The molecule has 2 fully saturated rings. The number of carbonyl (C=O) groups excluding carboxylic acids is 4. The van der Waals surface area contributed by atoms with Crippen LogP contribution in [-0.4, -0.2) is 89.0 Å². The lowest BCUT2D eigenvalue weighted by molar-refractivity contribution is -0.161. The van der Waals surface area contributed by atoms with E-state index in [1.54, 1.807) is 14.2 Å². The van der Waals surface area contributed by atoms with E-state index in [-0.39, 0.29) is 60.2 Å². The molecule has 0 aromatic carbocycles. The number of piperidine rings is 1. The van der Waals surface area contributed by atoms with Crippen LogP contribution in [0.5, 0.6) is 0 Å². The van der Waals surface area contributed by atoms with Crippen LogP contribution in [0.25, 0.3) is 0 Å². The van der Waals surface area contributed by atoms with Gasteiger partial charge in [-0.25, -0.2) is 4.79 Å². The summed E-state index contributed by atoms with van der Waals surface area (Å²) in [6.07, 6.45) is 17.2. The predicted octanol–water partition coefficient (Wildman–Crippen LogP) is 6.93. The van der Waals surface area contributed by atoms with Crippen LogP contribution in [0.1, 0.15) is 119 Å². The van der Waals surface area contributed by atoms with Gasteiger partial charge in [-0.15, -0.1) is 0 Å². The molecule has 0 radical (unpaired) electrons. The molecule has 0 bridgehead atoms. The number of Topliss-reactive ketones (excluding diaryl/α,β-unsaturated/α-hetero) is 3. The van der Waals surface area contributed by atoms with E-state index >= 15 is 0 Å². The van der Waals surface area contributed by atoms with Crippen molar-refractivity contribution in [3.05, 3.63) is 36.0 Å². The maximum absolute atomic E-state index is 13.6. The molecule has 1 heterocycles. The number of ether oxygens (including phenoxy) is 2. The minimum Gasteiger partial charge on any atom is -0.480 e. The number of hydrogen-bond acceptors (Lipinski definition) is 8. The van der Waals surface area contributed by atoms with Gasteiger partial charge in [-0.05, 0) is 96.3 Å². The molecule has 0 aromatic rings. The number of carboxylic acid groups (broad SMARTS) is 1. The summed E-state index contributed by atoms with van der Waals surface area (Å²) in [5, 5.41) is 20.3. The fourth-order valence-corrected chi connectivity index (χ4v) is 8.10. The average Bonchev–Trinajstić information content (AvgIpc) is 3.10. The van der Waals surface area contributed by atoms with Crippen molar-refractivity contribution < 1.29 is 43.7 Å². The van der Waals surface area contributed by atoms with Crippen LogP contribution in [0.3, 0.4) is 0 Å². The van der Waals surface area contributed by atoms with Gasteiger partial charge in [-0.2, -0.15) is 0 Å². The van der Waals surface area contributed by atoms with Crippen LogP contribution in [0, 0.1) is 35.5 Å². The number of methoxy groups -OCH3 is 2. The molecule has 9 atom stereocenters. The van der Waals surface area contributed by atoms with E-state index in [9.17, 15) is 34.2 Å². The smallest absolute Gasteiger partial charge is 0.326 e. The molecule has 52 heavy (non-hydrogen) atoms. The molecule has 1 aliphatic heterocycles. The van der Waals surface area contributed by atoms with Crippen molar-refractivity contribution in [2.24, 2.45) is 35.5 Å². The zero-order valence-electron chi connectivity index (χ0n) is 33.3. The molecular weight excluding hydrogens is 662 g/mol. The van der Waals surface area contributed by atoms with E-state index in [0.717, 1.165) is 49.0 Å². The molecule has 0 aromatic heterocycles. The van der Waals surface area contributed by atoms with Gasteiger partial charge in [-0.3, -0.25) is 19.2 Å². The summed E-state index contributed by atoms with van der Waals surface area (Å²) in [5.41, 5.74) is -0.983. The minimum absolute atomic E-state index is 0.0533. The molecule has 1 amide bonds. The number of nitrogens with zero attached hydrogens (tertiary/aromatic N) is 1. The Morgan fingerprint density at radius 3 is 2.29 bits per heavy atom. The summed E-state index contributed by atoms with van der Waals surface area (Å²) < 4.78 is 11.3. The highest BCUT2D eigenvalue weighted by Crippen LogP contribution is 2.40. The second-order valence-electron chi connectivity index (χ2n) is 16.1. The van der Waals surface area contributed by atoms with Crippen LogP contribution in [0.4, 0.5) is 0 Å². The highest BCUT2D eigenvalue weighted by molar-refractivity contribution is 6.39. The predicted molar refractivity (Wildman–Crippen MR) is 203 cm³/mol. The number of hydrogen-bond donors (Lipinski definition) is 2. The van der Waals surface area contributed by atoms with Crippen LogP contribution in [0.2, 0.25) is 0 Å². The highest BCUT2D eigenvalue weighted by Gasteiger charge is 2.44. The van der Waals surface area contributed by atoms with Crippen molar-refractivity contribution in [3.63, 3.8) is 0 Å². The number of likely N-dealkylation sites (tertiary alicyclic amines) is 1. The Morgan fingerprint density at radius 1 is 1.00 bits per heavy atom. The summed E-state index contributed by atoms with van der Waals surface area (Å²) in [5.74, 6) is -2.95. The lowest BCUT2D eigenvalue weighted by atomic mass is 9.71. The zero-order valence-corrected chi connectivity index (χ0v) is 33.3. The highest BCUT2D eigenvalue weighted by atomic mass is 16.5. The first-order chi connectivity index (χ1) is 24.4. The third-order valence-electron chi connectivity index (χ3n) is 11.2. The molecule has 1 saturated carbocycles. The van der Waals surface area contributed by atoms with Gasteiger partial charge in [0.1, 0.15) is 23.5 Å². The molecular formula is C42H67NO9. The normalized spacial score (nSPS) is 24.7. The fraction of sp³-hybridized carbons (Fsp3) is 0.738. The van der Waals surface area contributed by atoms with Gasteiger partial charge >= 0.3 is 5.97 Å². The van der Waals surface area contributed by atoms with Crippen molar-refractivity contribution in [1.82, 2.24) is 4.90 Å². The lowest BCUT2D eigenvalue weighted by Crippen LogP contribution is -2.56. The van der Waals surface area contributed by atoms with E-state index in [1.807, 2.05) is 52.0 Å². The van der Waals surface area contributed by atoms with Crippen LogP contribution in [0.15, 0.2) is 36.0 Å². The molecule has 1 aliphatic carbocycles. The SMILES string of the molecule is C/C=C/C=C/[C@@H](C)CC(C)C(=O)C(C/C(C)=C/[C@@H](C)C(=O)CCC(CC1CCCC(OC)C1)[C@H]1CCN(C(=O)C(=O)C(C)(C)O)C(C(=O)O)C1)OC. The minimum atomic E-state index is -1.90. The maximum Gasteiger partial charge on any atom is 0.326 e. The second-order valence-corrected chi connectivity index (χ2v) is 16.1. The second kappa shape index (κ2) is 21.7. The third kappa shape index (κ3) is 14.1. The Hall–Kier alpha value is -2.95. The number of carboxylic acids is 1. The van der Waals surface area contributed by atoms with Gasteiger partial charge in [0.2, 0.25) is 0 Å². The molecule has 2 rings (SSSR count). The first kappa shape index (κ1) is 45.2. The third-order valence-corrected chi connectivity index (χ3v) is 11.2. The molecule has 0 spiro atoms. The molecule has 1 saturated heterocycles. The molecule has 2 aliphatic rings. The van der Waals surface area contributed by atoms with Gasteiger partial charge in [0.05, 0.1) is 6.10 Å². The molecule has 10 nitrogen and oxygen atoms in total. The largest absolute Gasteiger partial charge is 0.480 e. The molecule has 10 heteroatoms. The fourth-order valence-electron chi connectivity index (χ4n) is 8.10. The Bertz CT molecular complexity index is 1290. The molecule has 6 unspecified atom stereocenters. The van der Waals surface area contributed by atoms with Crippen LogP contribution in [-0.2, 0) is 33.4 Å². The van der Waals surface area contributed by atoms with Crippen molar-refractivity contribution in [3.8, 4) is 0 Å². The first-order valence-electron chi connectivity index (χ1n) is 19.3. The summed E-state index contributed by atoms with van der Waals surface area (Å²) in [6, 6.07) is -1.18. The van der Waals surface area contributed by atoms with Gasteiger partial charge in [-0.1, -0.05) is 69.6 Å². The van der Waals surface area contributed by atoms with E-state index in [4.69, 9.17) is 9.47 Å². The number of aliphatic carboxylic acids is 1. The number of aliphatic hydroxyl groups is 1. The topological polar surface area (TPSA) is 148 Å².